The minimum atomic E-state index is 0.353. The SMILES string of the molecule is NCc1ccc(-c2nc(-c3cccs3)no2)o1. The first kappa shape index (κ1) is 10.2. The van der Waals surface area contributed by atoms with Gasteiger partial charge in [-0.15, -0.1) is 11.3 Å². The maximum Gasteiger partial charge on any atom is 0.293 e. The van der Waals surface area contributed by atoms with Crippen molar-refractivity contribution >= 4 is 11.3 Å². The fraction of sp³-hybridized carbons (Fsp3) is 0.0909. The third-order valence-electron chi connectivity index (χ3n) is 2.24. The highest BCUT2D eigenvalue weighted by Gasteiger charge is 2.14. The van der Waals surface area contributed by atoms with Gasteiger partial charge in [-0.25, -0.2) is 0 Å². The summed E-state index contributed by atoms with van der Waals surface area (Å²) in [6.45, 7) is 0.353. The predicted octanol–water partition coefficient (Wildman–Crippen LogP) is 2.52. The summed E-state index contributed by atoms with van der Waals surface area (Å²) >= 11 is 1.56. The van der Waals surface area contributed by atoms with E-state index in [9.17, 15) is 0 Å². The smallest absolute Gasteiger partial charge is 0.293 e. The van der Waals surface area contributed by atoms with Gasteiger partial charge in [0.15, 0.2) is 5.76 Å². The quantitative estimate of drug-likeness (QED) is 0.769. The summed E-state index contributed by atoms with van der Waals surface area (Å²) in [6.07, 6.45) is 0. The minimum absolute atomic E-state index is 0.353. The zero-order valence-corrected chi connectivity index (χ0v) is 9.61. The number of rotatable bonds is 3. The number of furan rings is 1. The lowest BCUT2D eigenvalue weighted by Gasteiger charge is -1.87. The van der Waals surface area contributed by atoms with Crippen molar-refractivity contribution in [3.63, 3.8) is 0 Å². The monoisotopic (exact) mass is 247 g/mol. The second kappa shape index (κ2) is 4.15. The van der Waals surface area contributed by atoms with Crippen LogP contribution < -0.4 is 5.73 Å². The summed E-state index contributed by atoms with van der Waals surface area (Å²) in [5, 5.41) is 5.87. The first-order valence-electron chi connectivity index (χ1n) is 5.03. The molecule has 86 valence electrons. The van der Waals surface area contributed by atoms with Crippen molar-refractivity contribution in [2.45, 2.75) is 6.54 Å². The molecule has 0 radical (unpaired) electrons. The van der Waals surface area contributed by atoms with Crippen LogP contribution >= 0.6 is 11.3 Å². The molecule has 0 unspecified atom stereocenters. The molecule has 3 aromatic rings. The van der Waals surface area contributed by atoms with E-state index in [1.165, 1.54) is 0 Å². The third-order valence-corrected chi connectivity index (χ3v) is 3.11. The molecule has 0 fully saturated rings. The molecule has 0 bridgehead atoms. The van der Waals surface area contributed by atoms with Gasteiger partial charge in [-0.05, 0) is 23.6 Å². The Kier molecular flexibility index (Phi) is 2.50. The van der Waals surface area contributed by atoms with Gasteiger partial charge in [0.25, 0.3) is 5.89 Å². The highest BCUT2D eigenvalue weighted by atomic mass is 32.1. The number of hydrogen-bond donors (Lipinski definition) is 1. The second-order valence-corrected chi connectivity index (χ2v) is 4.32. The van der Waals surface area contributed by atoms with Gasteiger partial charge in [-0.1, -0.05) is 11.2 Å². The summed E-state index contributed by atoms with van der Waals surface area (Å²) in [6, 6.07) is 7.44. The largest absolute Gasteiger partial charge is 0.455 e. The van der Waals surface area contributed by atoms with Crippen LogP contribution in [0, 0.1) is 0 Å². The lowest BCUT2D eigenvalue weighted by Crippen LogP contribution is -1.92. The molecule has 0 aliphatic heterocycles. The molecule has 3 rings (SSSR count). The fourth-order valence-electron chi connectivity index (χ4n) is 1.43. The van der Waals surface area contributed by atoms with Crippen LogP contribution in [0.2, 0.25) is 0 Å². The Balaban J connectivity index is 1.94. The Labute approximate surface area is 101 Å². The molecule has 2 N–H and O–H groups in total. The van der Waals surface area contributed by atoms with E-state index in [0.29, 0.717) is 29.8 Å². The highest BCUT2D eigenvalue weighted by Crippen LogP contribution is 2.26. The maximum absolute atomic E-state index is 5.46. The molecule has 0 saturated carbocycles. The molecule has 0 spiro atoms. The van der Waals surface area contributed by atoms with Gasteiger partial charge in [0.2, 0.25) is 5.82 Å². The molecule has 3 heterocycles. The molecule has 0 amide bonds. The van der Waals surface area contributed by atoms with Gasteiger partial charge in [0.05, 0.1) is 11.4 Å². The van der Waals surface area contributed by atoms with Crippen molar-refractivity contribution in [3.8, 4) is 22.4 Å². The van der Waals surface area contributed by atoms with E-state index >= 15 is 0 Å². The van der Waals surface area contributed by atoms with Crippen molar-refractivity contribution in [1.29, 1.82) is 0 Å². The van der Waals surface area contributed by atoms with Crippen molar-refractivity contribution in [3.05, 3.63) is 35.4 Å². The summed E-state index contributed by atoms with van der Waals surface area (Å²) in [7, 11) is 0. The summed E-state index contributed by atoms with van der Waals surface area (Å²) < 4.78 is 10.6. The van der Waals surface area contributed by atoms with E-state index in [4.69, 9.17) is 14.7 Å². The Hall–Kier alpha value is -1.92. The number of thiophene rings is 1. The van der Waals surface area contributed by atoms with Gasteiger partial charge < -0.3 is 14.7 Å². The summed E-state index contributed by atoms with van der Waals surface area (Å²) in [4.78, 5) is 5.23. The predicted molar refractivity (Wildman–Crippen MR) is 63.2 cm³/mol. The van der Waals surface area contributed by atoms with Crippen LogP contribution in [0.15, 0.2) is 38.6 Å². The average molecular weight is 247 g/mol. The molecule has 0 saturated heterocycles. The first-order valence-corrected chi connectivity index (χ1v) is 5.91. The normalized spacial score (nSPS) is 10.9. The zero-order chi connectivity index (χ0) is 11.7. The maximum atomic E-state index is 5.46. The van der Waals surface area contributed by atoms with Crippen LogP contribution in [0.3, 0.4) is 0 Å². The molecule has 0 atom stereocenters. The van der Waals surface area contributed by atoms with Gasteiger partial charge in [0, 0.05) is 0 Å². The van der Waals surface area contributed by atoms with Crippen molar-refractivity contribution < 1.29 is 8.94 Å². The number of nitrogens with zero attached hydrogens (tertiary/aromatic N) is 2. The summed E-state index contributed by atoms with van der Waals surface area (Å²) in [5.74, 6) is 2.17. The number of aromatic nitrogens is 2. The number of nitrogens with two attached hydrogens (primary N) is 1. The molecular formula is C11H9N3O2S. The first-order chi connectivity index (χ1) is 8.36. The zero-order valence-electron chi connectivity index (χ0n) is 8.79. The molecule has 5 nitrogen and oxygen atoms in total. The van der Waals surface area contributed by atoms with E-state index in [0.717, 1.165) is 4.88 Å². The van der Waals surface area contributed by atoms with Crippen molar-refractivity contribution in [2.24, 2.45) is 5.73 Å². The Morgan fingerprint density at radius 3 is 2.94 bits per heavy atom. The Bertz CT molecular complexity index is 612. The highest BCUT2D eigenvalue weighted by molar-refractivity contribution is 7.13. The van der Waals surface area contributed by atoms with Gasteiger partial charge in [-0.3, -0.25) is 0 Å². The number of hydrogen-bond acceptors (Lipinski definition) is 6. The van der Waals surface area contributed by atoms with Crippen LogP contribution in [0.5, 0.6) is 0 Å². The van der Waals surface area contributed by atoms with Crippen LogP contribution in [0.1, 0.15) is 5.76 Å². The minimum Gasteiger partial charge on any atom is -0.455 e. The van der Waals surface area contributed by atoms with E-state index in [1.807, 2.05) is 17.5 Å². The van der Waals surface area contributed by atoms with E-state index in [-0.39, 0.29) is 0 Å². The van der Waals surface area contributed by atoms with Gasteiger partial charge >= 0.3 is 0 Å². The lowest BCUT2D eigenvalue weighted by atomic mass is 10.4. The van der Waals surface area contributed by atoms with Crippen LogP contribution in [-0.4, -0.2) is 10.1 Å². The molecule has 0 aliphatic rings. The standard InChI is InChI=1S/C11H9N3O2S/c12-6-7-3-4-8(15-7)11-13-10(14-16-11)9-2-1-5-17-9/h1-5H,6,12H2. The average Bonchev–Trinajstić information content (AvgIpc) is 3.09. The van der Waals surface area contributed by atoms with E-state index in [1.54, 1.807) is 23.5 Å². The molecule has 17 heavy (non-hydrogen) atoms. The van der Waals surface area contributed by atoms with Crippen LogP contribution in [0.25, 0.3) is 22.4 Å². The molecule has 0 aromatic carbocycles. The lowest BCUT2D eigenvalue weighted by molar-refractivity contribution is 0.412. The molecule has 0 aliphatic carbocycles. The third kappa shape index (κ3) is 1.88. The fourth-order valence-corrected chi connectivity index (χ4v) is 2.08. The second-order valence-electron chi connectivity index (χ2n) is 3.37. The topological polar surface area (TPSA) is 78.1 Å². The van der Waals surface area contributed by atoms with Gasteiger partial charge in [-0.2, -0.15) is 4.98 Å². The Morgan fingerprint density at radius 1 is 1.29 bits per heavy atom. The van der Waals surface area contributed by atoms with Crippen molar-refractivity contribution in [1.82, 2.24) is 10.1 Å². The van der Waals surface area contributed by atoms with Crippen molar-refractivity contribution in [2.75, 3.05) is 0 Å². The molecule has 6 heteroatoms. The van der Waals surface area contributed by atoms with E-state index in [2.05, 4.69) is 10.1 Å². The van der Waals surface area contributed by atoms with Gasteiger partial charge in [0.1, 0.15) is 5.76 Å². The summed E-state index contributed by atoms with van der Waals surface area (Å²) in [5.41, 5.74) is 5.46. The van der Waals surface area contributed by atoms with Crippen LogP contribution in [0.4, 0.5) is 0 Å². The molecular weight excluding hydrogens is 238 g/mol. The van der Waals surface area contributed by atoms with Crippen LogP contribution in [-0.2, 0) is 6.54 Å². The van der Waals surface area contributed by atoms with E-state index < -0.39 is 0 Å². The molecule has 3 aromatic heterocycles. The Morgan fingerprint density at radius 2 is 2.24 bits per heavy atom.